The van der Waals surface area contributed by atoms with Crippen molar-refractivity contribution in [3.63, 3.8) is 0 Å². The maximum atomic E-state index is 6.49. The molecule has 0 spiro atoms. The van der Waals surface area contributed by atoms with Gasteiger partial charge in [0.1, 0.15) is 29.1 Å². The molecule has 0 bridgehead atoms. The molecule has 0 unspecified atom stereocenters. The smallest absolute Gasteiger partial charge is 0.174 e. The Hall–Kier alpha value is -3.36. The third-order valence-electron chi connectivity index (χ3n) is 6.05. The van der Waals surface area contributed by atoms with Gasteiger partial charge in [-0.1, -0.05) is 28.1 Å². The molecule has 178 valence electrons. The van der Waals surface area contributed by atoms with Gasteiger partial charge < -0.3 is 24.1 Å². The van der Waals surface area contributed by atoms with Gasteiger partial charge in [-0.3, -0.25) is 4.98 Å². The summed E-state index contributed by atoms with van der Waals surface area (Å²) in [4.78, 5) is 6.63. The number of anilines is 1. The summed E-state index contributed by atoms with van der Waals surface area (Å²) < 4.78 is 18.7. The van der Waals surface area contributed by atoms with E-state index in [-0.39, 0.29) is 12.1 Å². The fourth-order valence-corrected chi connectivity index (χ4v) is 5.39. The summed E-state index contributed by atoms with van der Waals surface area (Å²) in [5, 5.41) is 4.00. The lowest BCUT2D eigenvalue weighted by Crippen LogP contribution is -2.29. The number of benzene rings is 2. The maximum absolute atomic E-state index is 6.49. The van der Waals surface area contributed by atoms with Crippen LogP contribution in [0.25, 0.3) is 11.3 Å². The largest absolute Gasteiger partial charge is 0.497 e. The molecule has 1 N–H and O–H groups in total. The Morgan fingerprint density at radius 3 is 2.60 bits per heavy atom. The van der Waals surface area contributed by atoms with E-state index < -0.39 is 0 Å². The Balaban J connectivity index is 1.65. The SMILES string of the molecule is COc1ccc(OC)c(N2C(=S)N[C@H](c3ccccn3)[C@@H]2c2ccc(-c3ccc(C)cc3Br)o2)c1. The minimum Gasteiger partial charge on any atom is -0.497 e. The van der Waals surface area contributed by atoms with E-state index in [4.69, 9.17) is 26.1 Å². The summed E-state index contributed by atoms with van der Waals surface area (Å²) in [5.41, 5.74) is 3.79. The van der Waals surface area contributed by atoms with E-state index in [1.165, 1.54) is 5.56 Å². The lowest BCUT2D eigenvalue weighted by atomic mass is 10.0. The van der Waals surface area contributed by atoms with Crippen LogP contribution in [-0.2, 0) is 0 Å². The monoisotopic (exact) mass is 549 g/mol. The van der Waals surface area contributed by atoms with Gasteiger partial charge in [0.2, 0.25) is 0 Å². The summed E-state index contributed by atoms with van der Waals surface area (Å²) in [6.45, 7) is 2.06. The minimum atomic E-state index is -0.309. The van der Waals surface area contributed by atoms with Gasteiger partial charge in [-0.2, -0.15) is 0 Å². The topological polar surface area (TPSA) is 59.8 Å². The fraction of sp³-hybridized carbons (Fsp3) is 0.185. The number of ether oxygens (including phenoxy) is 2. The normalized spacial score (nSPS) is 17.4. The summed E-state index contributed by atoms with van der Waals surface area (Å²) in [5.74, 6) is 2.89. The molecule has 6 nitrogen and oxygen atoms in total. The van der Waals surface area contributed by atoms with Gasteiger partial charge in [0, 0.05) is 22.3 Å². The van der Waals surface area contributed by atoms with Crippen LogP contribution in [0.15, 0.2) is 81.8 Å². The number of aryl methyl sites for hydroxylation is 1. The number of halogens is 1. The van der Waals surface area contributed by atoms with E-state index in [2.05, 4.69) is 51.4 Å². The number of thiocarbonyl (C=S) groups is 1. The van der Waals surface area contributed by atoms with Crippen molar-refractivity contribution in [2.45, 2.75) is 19.0 Å². The van der Waals surface area contributed by atoms with E-state index in [0.717, 1.165) is 32.9 Å². The quantitative estimate of drug-likeness (QED) is 0.271. The lowest BCUT2D eigenvalue weighted by Gasteiger charge is -2.27. The molecule has 3 heterocycles. The molecule has 1 aliphatic heterocycles. The molecular formula is C27H24BrN3O3S. The number of pyridine rings is 1. The third-order valence-corrected chi connectivity index (χ3v) is 7.02. The van der Waals surface area contributed by atoms with Gasteiger partial charge in [0.05, 0.1) is 31.6 Å². The van der Waals surface area contributed by atoms with Gasteiger partial charge >= 0.3 is 0 Å². The first kappa shape index (κ1) is 23.4. The Labute approximate surface area is 218 Å². The van der Waals surface area contributed by atoms with Gasteiger partial charge in [-0.05, 0) is 73.2 Å². The average molecular weight is 550 g/mol. The number of nitrogens with zero attached hydrogens (tertiary/aromatic N) is 2. The van der Waals surface area contributed by atoms with E-state index in [0.29, 0.717) is 16.6 Å². The molecule has 4 aromatic rings. The average Bonchev–Trinajstić information content (AvgIpc) is 3.48. The number of hydrogen-bond acceptors (Lipinski definition) is 5. The number of rotatable bonds is 6. The number of nitrogens with one attached hydrogen (secondary N) is 1. The summed E-state index contributed by atoms with van der Waals surface area (Å²) in [6, 6.07) is 21.1. The molecule has 2 atom stereocenters. The molecule has 1 saturated heterocycles. The zero-order valence-electron chi connectivity index (χ0n) is 19.5. The van der Waals surface area contributed by atoms with Crippen LogP contribution >= 0.6 is 28.1 Å². The van der Waals surface area contributed by atoms with Crippen LogP contribution in [0.2, 0.25) is 0 Å². The second-order valence-corrected chi connectivity index (χ2v) is 9.46. The summed E-state index contributed by atoms with van der Waals surface area (Å²) in [7, 11) is 3.28. The molecule has 1 fully saturated rings. The highest BCUT2D eigenvalue weighted by atomic mass is 79.9. The van der Waals surface area contributed by atoms with E-state index in [9.17, 15) is 0 Å². The zero-order valence-corrected chi connectivity index (χ0v) is 21.9. The van der Waals surface area contributed by atoms with Crippen molar-refractivity contribution < 1.29 is 13.9 Å². The van der Waals surface area contributed by atoms with Crippen LogP contribution in [0, 0.1) is 6.92 Å². The molecule has 0 aliphatic carbocycles. The second-order valence-electron chi connectivity index (χ2n) is 8.22. The van der Waals surface area contributed by atoms with Gasteiger partial charge in [-0.15, -0.1) is 0 Å². The van der Waals surface area contributed by atoms with Gasteiger partial charge in [0.25, 0.3) is 0 Å². The number of aromatic nitrogens is 1. The zero-order chi connectivity index (χ0) is 24.5. The fourth-order valence-electron chi connectivity index (χ4n) is 4.36. The minimum absolute atomic E-state index is 0.236. The highest BCUT2D eigenvalue weighted by Crippen LogP contribution is 2.46. The molecule has 2 aromatic carbocycles. The van der Waals surface area contributed by atoms with Crippen molar-refractivity contribution in [2.24, 2.45) is 0 Å². The van der Waals surface area contributed by atoms with Crippen molar-refractivity contribution >= 4 is 38.9 Å². The maximum Gasteiger partial charge on any atom is 0.174 e. The van der Waals surface area contributed by atoms with Crippen molar-refractivity contribution in [2.75, 3.05) is 19.1 Å². The van der Waals surface area contributed by atoms with Gasteiger partial charge in [-0.25, -0.2) is 0 Å². The Bertz CT molecular complexity index is 1380. The standard InChI is InChI=1S/C27H24BrN3O3S/c1-16-7-9-18(19(28)14-16)22-11-12-24(34-22)26-25(20-6-4-5-13-29-20)30-27(35)31(26)21-15-17(32-2)8-10-23(21)33-3/h4-15,25-26H,1-3H3,(H,30,35)/t25-,26+/m1/s1. The lowest BCUT2D eigenvalue weighted by molar-refractivity contribution is 0.400. The first-order valence-electron chi connectivity index (χ1n) is 11.1. The number of hydrogen-bond donors (Lipinski definition) is 1. The van der Waals surface area contributed by atoms with E-state index in [1.807, 2.05) is 53.4 Å². The van der Waals surface area contributed by atoms with Crippen molar-refractivity contribution in [3.8, 4) is 22.8 Å². The molecule has 8 heteroatoms. The van der Waals surface area contributed by atoms with E-state index >= 15 is 0 Å². The molecular weight excluding hydrogens is 526 g/mol. The third kappa shape index (κ3) is 4.39. The van der Waals surface area contributed by atoms with Crippen LogP contribution in [0.1, 0.15) is 29.1 Å². The number of furan rings is 1. The number of methoxy groups -OCH3 is 2. The molecule has 0 saturated carbocycles. The van der Waals surface area contributed by atoms with Crippen LogP contribution < -0.4 is 19.7 Å². The van der Waals surface area contributed by atoms with Crippen LogP contribution in [0.4, 0.5) is 5.69 Å². The first-order chi connectivity index (χ1) is 17.0. The molecule has 1 aliphatic rings. The molecule has 5 rings (SSSR count). The van der Waals surface area contributed by atoms with Crippen LogP contribution in [-0.4, -0.2) is 24.3 Å². The molecule has 0 radical (unpaired) electrons. The predicted molar refractivity (Wildman–Crippen MR) is 144 cm³/mol. The van der Waals surface area contributed by atoms with E-state index in [1.54, 1.807) is 20.4 Å². The highest BCUT2D eigenvalue weighted by molar-refractivity contribution is 9.10. The second kappa shape index (κ2) is 9.71. The van der Waals surface area contributed by atoms with Crippen LogP contribution in [0.3, 0.4) is 0 Å². The Morgan fingerprint density at radius 2 is 1.89 bits per heavy atom. The highest BCUT2D eigenvalue weighted by Gasteiger charge is 2.43. The summed E-state index contributed by atoms with van der Waals surface area (Å²) in [6.07, 6.45) is 1.78. The van der Waals surface area contributed by atoms with Crippen molar-refractivity contribution in [1.82, 2.24) is 10.3 Å². The molecule has 35 heavy (non-hydrogen) atoms. The first-order valence-corrected chi connectivity index (χ1v) is 12.3. The predicted octanol–water partition coefficient (Wildman–Crippen LogP) is 6.61. The summed E-state index contributed by atoms with van der Waals surface area (Å²) >= 11 is 9.51. The Morgan fingerprint density at radius 1 is 1.03 bits per heavy atom. The van der Waals surface area contributed by atoms with Gasteiger partial charge in [0.15, 0.2) is 5.11 Å². The molecule has 0 amide bonds. The van der Waals surface area contributed by atoms with Crippen molar-refractivity contribution in [3.05, 3.63) is 94.4 Å². The Kier molecular flexibility index (Phi) is 6.49. The van der Waals surface area contributed by atoms with Crippen molar-refractivity contribution in [1.29, 1.82) is 0 Å². The molecule has 2 aromatic heterocycles. The van der Waals surface area contributed by atoms with Crippen LogP contribution in [0.5, 0.6) is 11.5 Å².